The number of benzene rings is 1. The molecule has 1 aromatic carbocycles. The number of pyridine rings is 1. The predicted molar refractivity (Wildman–Crippen MR) is 92.7 cm³/mol. The first-order valence-electron chi connectivity index (χ1n) is 8.72. The molecule has 2 unspecified atom stereocenters. The number of hydrogen-bond acceptors (Lipinski definition) is 6. The number of aliphatic hydroxyl groups excluding tert-OH is 1. The lowest BCUT2D eigenvalue weighted by Crippen LogP contribution is -2.24. The summed E-state index contributed by atoms with van der Waals surface area (Å²) < 4.78 is 43.5. The molecule has 1 N–H and O–H groups in total. The highest BCUT2D eigenvalue weighted by Gasteiger charge is 2.36. The van der Waals surface area contributed by atoms with E-state index in [4.69, 9.17) is 4.52 Å². The highest BCUT2D eigenvalue weighted by molar-refractivity contribution is 5.54. The van der Waals surface area contributed by atoms with Crippen molar-refractivity contribution in [2.45, 2.75) is 31.3 Å². The summed E-state index contributed by atoms with van der Waals surface area (Å²) in [5, 5.41) is 14.0. The quantitative estimate of drug-likeness (QED) is 0.735. The summed E-state index contributed by atoms with van der Waals surface area (Å²) in [5.41, 5.74) is 0.686. The molecule has 0 saturated carbocycles. The van der Waals surface area contributed by atoms with Gasteiger partial charge in [0.1, 0.15) is 0 Å². The molecule has 0 aliphatic carbocycles. The van der Waals surface area contributed by atoms with Crippen molar-refractivity contribution >= 4 is 0 Å². The van der Waals surface area contributed by atoms with Gasteiger partial charge in [-0.15, -0.1) is 0 Å². The van der Waals surface area contributed by atoms with E-state index in [2.05, 4.69) is 15.1 Å². The fourth-order valence-corrected chi connectivity index (χ4v) is 3.33. The molecule has 0 amide bonds. The largest absolute Gasteiger partial charge is 0.416 e. The van der Waals surface area contributed by atoms with Crippen LogP contribution in [0.3, 0.4) is 0 Å². The van der Waals surface area contributed by atoms with Crippen LogP contribution in [-0.2, 0) is 12.7 Å². The summed E-state index contributed by atoms with van der Waals surface area (Å²) >= 11 is 0. The first kappa shape index (κ1) is 18.6. The van der Waals surface area contributed by atoms with Crippen molar-refractivity contribution in [1.29, 1.82) is 0 Å². The molecular weight excluding hydrogens is 373 g/mol. The molecule has 6 nitrogen and oxygen atoms in total. The number of rotatable bonds is 4. The Labute approximate surface area is 158 Å². The number of likely N-dealkylation sites (tertiary alicyclic amines) is 1. The second-order valence-corrected chi connectivity index (χ2v) is 6.73. The van der Waals surface area contributed by atoms with Crippen LogP contribution in [0.15, 0.2) is 53.3 Å². The number of aromatic nitrogens is 3. The van der Waals surface area contributed by atoms with Crippen LogP contribution in [0.5, 0.6) is 0 Å². The summed E-state index contributed by atoms with van der Waals surface area (Å²) in [5.74, 6) is 0.543. The van der Waals surface area contributed by atoms with Crippen LogP contribution in [0.1, 0.15) is 29.5 Å². The smallest absolute Gasteiger partial charge is 0.392 e. The molecule has 4 rings (SSSR count). The van der Waals surface area contributed by atoms with Crippen molar-refractivity contribution in [2.75, 3.05) is 6.54 Å². The lowest BCUT2D eigenvalue weighted by atomic mass is 10.1. The standard InChI is InChI=1S/C19H17F3N4O2/c20-19(21,22)14-5-3-13(4-6-14)17-24-18(28-25-17)16-8-15(27)11-26(16)10-12-2-1-7-23-9-12/h1-7,9,15-16,27H,8,10-11H2. The molecular formula is C19H17F3N4O2. The molecule has 28 heavy (non-hydrogen) atoms. The molecule has 0 spiro atoms. The first-order valence-corrected chi connectivity index (χ1v) is 8.72. The minimum Gasteiger partial charge on any atom is -0.392 e. The van der Waals surface area contributed by atoms with Crippen molar-refractivity contribution in [3.63, 3.8) is 0 Å². The first-order chi connectivity index (χ1) is 13.4. The van der Waals surface area contributed by atoms with Gasteiger partial charge >= 0.3 is 6.18 Å². The lowest BCUT2D eigenvalue weighted by Gasteiger charge is -2.20. The molecule has 1 saturated heterocycles. The second kappa shape index (κ2) is 7.33. The third kappa shape index (κ3) is 3.90. The number of aliphatic hydroxyl groups is 1. The maximum Gasteiger partial charge on any atom is 0.416 e. The number of β-amino-alcohol motifs (C(OH)–C–C–N with tert-alkyl or cyclic N) is 1. The third-order valence-corrected chi connectivity index (χ3v) is 4.69. The molecule has 146 valence electrons. The van der Waals surface area contributed by atoms with Crippen molar-refractivity contribution in [3.8, 4) is 11.4 Å². The van der Waals surface area contributed by atoms with Crippen LogP contribution >= 0.6 is 0 Å². The highest BCUT2D eigenvalue weighted by atomic mass is 19.4. The van der Waals surface area contributed by atoms with E-state index in [0.29, 0.717) is 31.0 Å². The van der Waals surface area contributed by atoms with Crippen LogP contribution in [-0.4, -0.2) is 37.8 Å². The van der Waals surface area contributed by atoms with Gasteiger partial charge < -0.3 is 9.63 Å². The van der Waals surface area contributed by atoms with Crippen molar-refractivity contribution in [2.24, 2.45) is 0 Å². The van der Waals surface area contributed by atoms with Gasteiger partial charge in [0, 0.05) is 31.0 Å². The molecule has 2 aromatic heterocycles. The molecule has 2 atom stereocenters. The fraction of sp³-hybridized carbons (Fsp3) is 0.316. The average molecular weight is 390 g/mol. The van der Waals surface area contributed by atoms with Crippen LogP contribution in [0.2, 0.25) is 0 Å². The zero-order valence-electron chi connectivity index (χ0n) is 14.7. The summed E-state index contributed by atoms with van der Waals surface area (Å²) in [6.45, 7) is 1.02. The summed E-state index contributed by atoms with van der Waals surface area (Å²) in [6.07, 6.45) is -1.04. The van der Waals surface area contributed by atoms with Gasteiger partial charge in [0.05, 0.1) is 17.7 Å². The minimum absolute atomic E-state index is 0.214. The highest BCUT2D eigenvalue weighted by Crippen LogP contribution is 2.34. The van der Waals surface area contributed by atoms with Crippen LogP contribution in [0, 0.1) is 0 Å². The molecule has 1 aliphatic heterocycles. The molecule has 0 radical (unpaired) electrons. The summed E-state index contributed by atoms with van der Waals surface area (Å²) in [4.78, 5) is 10.5. The Morgan fingerprint density at radius 3 is 2.64 bits per heavy atom. The number of nitrogens with zero attached hydrogens (tertiary/aromatic N) is 4. The topological polar surface area (TPSA) is 75.3 Å². The molecule has 1 fully saturated rings. The molecule has 9 heteroatoms. The maximum absolute atomic E-state index is 12.7. The summed E-state index contributed by atoms with van der Waals surface area (Å²) in [7, 11) is 0. The molecule has 0 bridgehead atoms. The van der Waals surface area contributed by atoms with E-state index < -0.39 is 17.8 Å². The fourth-order valence-electron chi connectivity index (χ4n) is 3.33. The Hall–Kier alpha value is -2.78. The number of hydrogen-bond donors (Lipinski definition) is 1. The van der Waals surface area contributed by atoms with E-state index in [-0.39, 0.29) is 11.9 Å². The van der Waals surface area contributed by atoms with Gasteiger partial charge in [-0.1, -0.05) is 23.4 Å². The van der Waals surface area contributed by atoms with E-state index in [1.54, 1.807) is 12.4 Å². The third-order valence-electron chi connectivity index (χ3n) is 4.69. The SMILES string of the molecule is OC1CC(c2nc(-c3ccc(C(F)(F)F)cc3)no2)N(Cc2cccnc2)C1. The number of halogens is 3. The van der Waals surface area contributed by atoms with Crippen LogP contribution < -0.4 is 0 Å². The van der Waals surface area contributed by atoms with Crippen molar-refractivity contribution < 1.29 is 22.8 Å². The van der Waals surface area contributed by atoms with Gasteiger partial charge in [-0.2, -0.15) is 18.2 Å². The minimum atomic E-state index is -4.40. The molecule has 1 aliphatic rings. The van der Waals surface area contributed by atoms with Gasteiger partial charge in [0.25, 0.3) is 0 Å². The Bertz CT molecular complexity index is 928. The van der Waals surface area contributed by atoms with Gasteiger partial charge in [-0.3, -0.25) is 9.88 Å². The summed E-state index contributed by atoms with van der Waals surface area (Å²) in [6, 6.07) is 8.11. The van der Waals surface area contributed by atoms with E-state index in [1.165, 1.54) is 12.1 Å². The molecule has 3 aromatic rings. The molecule has 3 heterocycles. The maximum atomic E-state index is 12.7. The van der Waals surface area contributed by atoms with Gasteiger partial charge in [0.15, 0.2) is 0 Å². The predicted octanol–water partition coefficient (Wildman–Crippen LogP) is 3.46. The van der Waals surface area contributed by atoms with E-state index in [1.807, 2.05) is 17.0 Å². The van der Waals surface area contributed by atoms with E-state index in [9.17, 15) is 18.3 Å². The van der Waals surface area contributed by atoms with Crippen LogP contribution in [0.4, 0.5) is 13.2 Å². The number of alkyl halides is 3. The Balaban J connectivity index is 1.54. The normalized spacial score (nSPS) is 20.6. The van der Waals surface area contributed by atoms with E-state index in [0.717, 1.165) is 17.7 Å². The zero-order chi connectivity index (χ0) is 19.7. The monoisotopic (exact) mass is 390 g/mol. The second-order valence-electron chi connectivity index (χ2n) is 6.73. The van der Waals surface area contributed by atoms with Crippen molar-refractivity contribution in [1.82, 2.24) is 20.0 Å². The average Bonchev–Trinajstić information content (AvgIpc) is 3.29. The Morgan fingerprint density at radius 2 is 1.96 bits per heavy atom. The zero-order valence-corrected chi connectivity index (χ0v) is 14.7. The Morgan fingerprint density at radius 1 is 1.18 bits per heavy atom. The van der Waals surface area contributed by atoms with Gasteiger partial charge in [-0.05, 0) is 30.2 Å². The van der Waals surface area contributed by atoms with Crippen LogP contribution in [0.25, 0.3) is 11.4 Å². The van der Waals surface area contributed by atoms with Crippen molar-refractivity contribution in [3.05, 3.63) is 65.8 Å². The van der Waals surface area contributed by atoms with Gasteiger partial charge in [0.2, 0.25) is 11.7 Å². The van der Waals surface area contributed by atoms with E-state index >= 15 is 0 Å². The van der Waals surface area contributed by atoms with Gasteiger partial charge in [-0.25, -0.2) is 0 Å². The Kier molecular flexibility index (Phi) is 4.86. The lowest BCUT2D eigenvalue weighted by molar-refractivity contribution is -0.137.